The van der Waals surface area contributed by atoms with Crippen LogP contribution in [-0.2, 0) is 14.8 Å². The molecule has 0 fully saturated rings. The van der Waals surface area contributed by atoms with Crippen molar-refractivity contribution in [2.45, 2.75) is 11.8 Å². The number of rotatable bonds is 4. The summed E-state index contributed by atoms with van der Waals surface area (Å²) in [4.78, 5) is 21.1. The van der Waals surface area contributed by atoms with Crippen LogP contribution in [0.4, 0.5) is 5.69 Å². The summed E-state index contributed by atoms with van der Waals surface area (Å²) in [5, 5.41) is 1.20. The lowest BCUT2D eigenvalue weighted by molar-refractivity contribution is 0.0601. The minimum Gasteiger partial charge on any atom is -0.465 e. The molecule has 2 aromatic heterocycles. The first-order chi connectivity index (χ1) is 13.9. The van der Waals surface area contributed by atoms with Crippen LogP contribution < -0.4 is 4.72 Å². The third kappa shape index (κ3) is 3.50. The number of hydrogen-bond donors (Lipinski definition) is 1. The van der Waals surface area contributed by atoms with Crippen molar-refractivity contribution in [1.82, 2.24) is 9.97 Å². The molecule has 0 aliphatic heterocycles. The number of sulfonamides is 1. The summed E-state index contributed by atoms with van der Waals surface area (Å²) in [6.45, 7) is 1.87. The minimum atomic E-state index is -3.95. The fraction of sp³-hybridized carbons (Fsp3) is 0.0952. The Morgan fingerprint density at radius 3 is 2.52 bits per heavy atom. The van der Waals surface area contributed by atoms with Crippen molar-refractivity contribution in [2.75, 3.05) is 11.8 Å². The fourth-order valence-corrected chi connectivity index (χ4v) is 4.11. The number of carbonyl (C=O) groups is 1. The SMILES string of the molecule is COC(=O)c1cnc2nc3ccccc3cc2c1NS(=O)(=O)c1ccc(C)cc1. The van der Waals surface area contributed by atoms with E-state index in [-0.39, 0.29) is 16.1 Å². The number of pyridine rings is 2. The largest absolute Gasteiger partial charge is 0.465 e. The van der Waals surface area contributed by atoms with E-state index in [9.17, 15) is 13.2 Å². The molecule has 0 aliphatic carbocycles. The average molecular weight is 407 g/mol. The molecule has 2 aromatic carbocycles. The third-order valence-electron chi connectivity index (χ3n) is 4.53. The number of hydrogen-bond acceptors (Lipinski definition) is 6. The topological polar surface area (TPSA) is 98.2 Å². The van der Waals surface area contributed by atoms with E-state index in [1.54, 1.807) is 18.2 Å². The molecule has 2 heterocycles. The molecule has 7 nitrogen and oxygen atoms in total. The van der Waals surface area contributed by atoms with E-state index in [2.05, 4.69) is 14.7 Å². The molecule has 0 unspecified atom stereocenters. The molecule has 0 spiro atoms. The Balaban J connectivity index is 1.95. The van der Waals surface area contributed by atoms with Gasteiger partial charge in [-0.2, -0.15) is 0 Å². The molecule has 4 aromatic rings. The Morgan fingerprint density at radius 1 is 1.07 bits per heavy atom. The van der Waals surface area contributed by atoms with Crippen LogP contribution in [0.3, 0.4) is 0 Å². The van der Waals surface area contributed by atoms with E-state index in [0.29, 0.717) is 16.6 Å². The van der Waals surface area contributed by atoms with Crippen LogP contribution in [-0.4, -0.2) is 31.5 Å². The van der Waals surface area contributed by atoms with Gasteiger partial charge in [0.15, 0.2) is 5.65 Å². The highest BCUT2D eigenvalue weighted by Crippen LogP contribution is 2.30. The van der Waals surface area contributed by atoms with E-state index < -0.39 is 16.0 Å². The highest BCUT2D eigenvalue weighted by molar-refractivity contribution is 7.92. The molecule has 0 aliphatic rings. The highest BCUT2D eigenvalue weighted by Gasteiger charge is 2.23. The second kappa shape index (κ2) is 7.14. The summed E-state index contributed by atoms with van der Waals surface area (Å²) in [6.07, 6.45) is 1.27. The zero-order valence-corrected chi connectivity index (χ0v) is 16.5. The Morgan fingerprint density at radius 2 is 1.79 bits per heavy atom. The van der Waals surface area contributed by atoms with Crippen LogP contribution in [0.5, 0.6) is 0 Å². The Hall–Kier alpha value is -3.52. The van der Waals surface area contributed by atoms with Crippen molar-refractivity contribution in [2.24, 2.45) is 0 Å². The average Bonchev–Trinajstić information content (AvgIpc) is 2.72. The molecule has 0 amide bonds. The molecule has 8 heteroatoms. The van der Waals surface area contributed by atoms with E-state index in [1.165, 1.54) is 25.4 Å². The summed E-state index contributed by atoms with van der Waals surface area (Å²) in [7, 11) is -2.73. The van der Waals surface area contributed by atoms with Crippen molar-refractivity contribution in [3.05, 3.63) is 71.9 Å². The molecular formula is C21H17N3O4S. The van der Waals surface area contributed by atoms with Gasteiger partial charge in [-0.05, 0) is 31.2 Å². The third-order valence-corrected chi connectivity index (χ3v) is 5.90. The van der Waals surface area contributed by atoms with Crippen LogP contribution in [0.1, 0.15) is 15.9 Å². The van der Waals surface area contributed by atoms with Crippen molar-refractivity contribution >= 4 is 43.6 Å². The van der Waals surface area contributed by atoms with E-state index in [4.69, 9.17) is 4.74 Å². The van der Waals surface area contributed by atoms with Crippen molar-refractivity contribution in [3.8, 4) is 0 Å². The van der Waals surface area contributed by atoms with Crippen LogP contribution in [0, 0.1) is 6.92 Å². The smallest absolute Gasteiger partial charge is 0.341 e. The summed E-state index contributed by atoms with van der Waals surface area (Å²) in [5.41, 5.74) is 2.06. The second-order valence-corrected chi connectivity index (χ2v) is 8.19. The monoisotopic (exact) mass is 407 g/mol. The van der Waals surface area contributed by atoms with Gasteiger partial charge in [-0.15, -0.1) is 0 Å². The Bertz CT molecular complexity index is 1350. The summed E-state index contributed by atoms with van der Waals surface area (Å²) in [6, 6.07) is 15.6. The Kier molecular flexibility index (Phi) is 4.63. The van der Waals surface area contributed by atoms with Gasteiger partial charge in [-0.25, -0.2) is 23.2 Å². The van der Waals surface area contributed by atoms with Crippen molar-refractivity contribution < 1.29 is 17.9 Å². The standard InChI is InChI=1S/C21H17N3O4S/c1-13-7-9-15(10-8-13)29(26,27)24-19-16-11-14-5-3-4-6-18(14)23-20(16)22-12-17(19)21(25)28-2/h3-12H,1-2H3,(H,22,23,24). The molecule has 0 radical (unpaired) electrons. The number of aryl methyl sites for hydroxylation is 1. The minimum absolute atomic E-state index is 0.00719. The predicted molar refractivity (Wildman–Crippen MR) is 110 cm³/mol. The van der Waals surface area contributed by atoms with Crippen LogP contribution in [0.25, 0.3) is 21.9 Å². The Labute approximate surface area is 167 Å². The fourth-order valence-electron chi connectivity index (χ4n) is 3.01. The van der Waals surface area contributed by atoms with E-state index in [0.717, 1.165) is 10.9 Å². The number of carbonyl (C=O) groups excluding carboxylic acids is 1. The number of fused-ring (bicyclic) bond motifs is 2. The predicted octanol–water partition coefficient (Wildman–Crippen LogP) is 3.68. The zero-order valence-electron chi connectivity index (χ0n) is 15.7. The first kappa shape index (κ1) is 18.8. The number of methoxy groups -OCH3 is 1. The molecule has 146 valence electrons. The quantitative estimate of drug-likeness (QED) is 0.409. The van der Waals surface area contributed by atoms with Gasteiger partial charge in [-0.1, -0.05) is 35.9 Å². The summed E-state index contributed by atoms with van der Waals surface area (Å²) in [5.74, 6) is -0.700. The number of nitrogens with zero attached hydrogens (tertiary/aromatic N) is 2. The number of anilines is 1. The van der Waals surface area contributed by atoms with Gasteiger partial charge in [0.1, 0.15) is 5.56 Å². The van der Waals surface area contributed by atoms with Crippen LogP contribution in [0.15, 0.2) is 65.7 Å². The lowest BCUT2D eigenvalue weighted by atomic mass is 10.1. The first-order valence-corrected chi connectivity index (χ1v) is 10.2. The molecule has 1 N–H and O–H groups in total. The van der Waals surface area contributed by atoms with Gasteiger partial charge in [0.25, 0.3) is 10.0 Å². The number of ether oxygens (including phenoxy) is 1. The molecule has 4 rings (SSSR count). The van der Waals surface area contributed by atoms with Gasteiger partial charge in [-0.3, -0.25) is 4.72 Å². The molecule has 0 atom stereocenters. The van der Waals surface area contributed by atoms with Gasteiger partial charge in [0.05, 0.1) is 23.2 Å². The summed E-state index contributed by atoms with van der Waals surface area (Å²) >= 11 is 0. The number of aromatic nitrogens is 2. The maximum absolute atomic E-state index is 13.0. The summed E-state index contributed by atoms with van der Waals surface area (Å²) < 4.78 is 33.3. The molecule has 29 heavy (non-hydrogen) atoms. The normalized spacial score (nSPS) is 11.5. The lowest BCUT2D eigenvalue weighted by Crippen LogP contribution is -2.17. The van der Waals surface area contributed by atoms with Gasteiger partial charge in [0, 0.05) is 17.0 Å². The zero-order chi connectivity index (χ0) is 20.6. The van der Waals surface area contributed by atoms with Gasteiger partial charge in [0.2, 0.25) is 0 Å². The maximum atomic E-state index is 13.0. The number of esters is 1. The number of benzene rings is 2. The second-order valence-electron chi connectivity index (χ2n) is 6.51. The highest BCUT2D eigenvalue weighted by atomic mass is 32.2. The van der Waals surface area contributed by atoms with Crippen LogP contribution in [0.2, 0.25) is 0 Å². The first-order valence-electron chi connectivity index (χ1n) is 8.75. The van der Waals surface area contributed by atoms with Crippen molar-refractivity contribution in [3.63, 3.8) is 0 Å². The van der Waals surface area contributed by atoms with Crippen molar-refractivity contribution in [1.29, 1.82) is 0 Å². The number of nitrogens with one attached hydrogen (secondary N) is 1. The molecular weight excluding hydrogens is 390 g/mol. The molecule has 0 saturated carbocycles. The van der Waals surface area contributed by atoms with E-state index in [1.807, 2.05) is 31.2 Å². The molecule has 0 saturated heterocycles. The van der Waals surface area contributed by atoms with Gasteiger partial charge < -0.3 is 4.74 Å². The maximum Gasteiger partial charge on any atom is 0.341 e. The van der Waals surface area contributed by atoms with E-state index >= 15 is 0 Å². The molecule has 0 bridgehead atoms. The lowest BCUT2D eigenvalue weighted by Gasteiger charge is -2.14. The van der Waals surface area contributed by atoms with Gasteiger partial charge >= 0.3 is 5.97 Å². The van der Waals surface area contributed by atoms with Crippen LogP contribution >= 0.6 is 0 Å². The number of para-hydroxylation sites is 1.